The molecular weight excluding hydrogens is 660 g/mol. The number of carbonyl (C=O) groups excluding carboxylic acids is 1. The van der Waals surface area contributed by atoms with Crippen LogP contribution in [0.5, 0.6) is 0 Å². The zero-order chi connectivity index (χ0) is 37.9. The number of esters is 1. The van der Waals surface area contributed by atoms with Crippen LogP contribution >= 0.6 is 0 Å². The van der Waals surface area contributed by atoms with E-state index in [0.29, 0.717) is 13.0 Å². The summed E-state index contributed by atoms with van der Waals surface area (Å²) >= 11 is 0. The number of hydrogen-bond donors (Lipinski definition) is 4. The maximum Gasteiger partial charge on any atom is 0.306 e. The van der Waals surface area contributed by atoms with Crippen molar-refractivity contribution in [2.45, 2.75) is 205 Å². The number of aliphatic hydroxyl groups excluding tert-OH is 4. The second-order valence-electron chi connectivity index (χ2n) is 14.4. The summed E-state index contributed by atoms with van der Waals surface area (Å²) in [5.74, 6) is -0.322. The summed E-state index contributed by atoms with van der Waals surface area (Å²) < 4.78 is 22.7. The fourth-order valence-corrected chi connectivity index (χ4v) is 6.20. The summed E-state index contributed by atoms with van der Waals surface area (Å²) in [6.07, 6.45) is 33.2. The van der Waals surface area contributed by atoms with Gasteiger partial charge in [0, 0.05) is 13.0 Å². The van der Waals surface area contributed by atoms with E-state index >= 15 is 0 Å². The Morgan fingerprint density at radius 1 is 0.615 bits per heavy atom. The quantitative estimate of drug-likeness (QED) is 0.0286. The number of hydrogen-bond acceptors (Lipinski definition) is 9. The van der Waals surface area contributed by atoms with Gasteiger partial charge in [0.2, 0.25) is 0 Å². The van der Waals surface area contributed by atoms with Crippen LogP contribution < -0.4 is 0 Å². The molecule has 0 aromatic rings. The van der Waals surface area contributed by atoms with Crippen molar-refractivity contribution < 1.29 is 44.2 Å². The molecule has 1 heterocycles. The third-order valence-corrected chi connectivity index (χ3v) is 9.56. The molecule has 0 radical (unpaired) electrons. The van der Waals surface area contributed by atoms with Crippen molar-refractivity contribution in [3.63, 3.8) is 0 Å². The summed E-state index contributed by atoms with van der Waals surface area (Å²) in [5, 5.41) is 40.0. The standard InChI is InChI=1S/C43H78O9/c1-3-5-7-9-11-13-14-15-16-17-18-19-20-21-22-23-25-27-29-31-33-49-35-37(36-50-43-42(48)41(47)40(46)38(34-44)52-43)51-39(45)32-30-28-26-24-12-10-8-6-4-2/h11,13,15-16,18-19,37-38,40-44,46-48H,3-10,12,14,17,20-36H2,1-2H3/b13-11-,16-15-,19-18-. The second kappa shape index (κ2) is 35.1. The van der Waals surface area contributed by atoms with E-state index in [4.69, 9.17) is 18.9 Å². The number of carbonyl (C=O) groups is 1. The summed E-state index contributed by atoms with van der Waals surface area (Å²) in [7, 11) is 0. The molecule has 0 aromatic heterocycles. The summed E-state index contributed by atoms with van der Waals surface area (Å²) in [4.78, 5) is 12.7. The van der Waals surface area contributed by atoms with Crippen molar-refractivity contribution in [3.8, 4) is 0 Å². The first-order valence-corrected chi connectivity index (χ1v) is 21.1. The van der Waals surface area contributed by atoms with Gasteiger partial charge in [-0.25, -0.2) is 0 Å². The SMILES string of the molecule is CCCCC/C=C\C/C=C\C/C=C\CCCCCCCCCOCC(COC1OC(CO)C(O)C(O)C1O)OC(=O)CCCCCCCCCCC. The normalized spacial score (nSPS) is 21.5. The van der Waals surface area contributed by atoms with Gasteiger partial charge in [-0.2, -0.15) is 0 Å². The molecule has 1 saturated heterocycles. The summed E-state index contributed by atoms with van der Waals surface area (Å²) in [6, 6.07) is 0. The average molecular weight is 739 g/mol. The van der Waals surface area contributed by atoms with Gasteiger partial charge in [-0.1, -0.05) is 147 Å². The molecule has 0 amide bonds. The van der Waals surface area contributed by atoms with Crippen molar-refractivity contribution in [2.75, 3.05) is 26.4 Å². The highest BCUT2D eigenvalue weighted by Gasteiger charge is 2.44. The molecule has 304 valence electrons. The molecule has 0 spiro atoms. The molecule has 9 heteroatoms. The van der Waals surface area contributed by atoms with Gasteiger partial charge in [0.05, 0.1) is 19.8 Å². The molecule has 52 heavy (non-hydrogen) atoms. The Balaban J connectivity index is 2.25. The molecule has 1 fully saturated rings. The molecule has 4 N–H and O–H groups in total. The lowest BCUT2D eigenvalue weighted by Crippen LogP contribution is -2.59. The largest absolute Gasteiger partial charge is 0.457 e. The fraction of sp³-hybridized carbons (Fsp3) is 0.837. The Morgan fingerprint density at radius 3 is 1.71 bits per heavy atom. The van der Waals surface area contributed by atoms with Gasteiger partial charge in [0.25, 0.3) is 0 Å². The third-order valence-electron chi connectivity index (χ3n) is 9.56. The van der Waals surface area contributed by atoms with E-state index in [2.05, 4.69) is 50.3 Å². The average Bonchev–Trinajstić information content (AvgIpc) is 3.14. The number of unbranched alkanes of at least 4 members (excludes halogenated alkanes) is 18. The van der Waals surface area contributed by atoms with E-state index < -0.39 is 43.4 Å². The van der Waals surface area contributed by atoms with E-state index in [1.807, 2.05) is 0 Å². The van der Waals surface area contributed by atoms with Crippen LogP contribution in [0.4, 0.5) is 0 Å². The maximum atomic E-state index is 12.7. The van der Waals surface area contributed by atoms with Gasteiger partial charge in [0.1, 0.15) is 30.5 Å². The lowest BCUT2D eigenvalue weighted by Gasteiger charge is -2.39. The third kappa shape index (κ3) is 26.2. The Kier molecular flexibility index (Phi) is 32.7. The van der Waals surface area contributed by atoms with Crippen LogP contribution in [-0.4, -0.2) is 89.6 Å². The van der Waals surface area contributed by atoms with Crippen LogP contribution in [-0.2, 0) is 23.7 Å². The topological polar surface area (TPSA) is 135 Å². The predicted octanol–water partition coefficient (Wildman–Crippen LogP) is 8.80. The van der Waals surface area contributed by atoms with Crippen LogP contribution in [0.3, 0.4) is 0 Å². The summed E-state index contributed by atoms with van der Waals surface area (Å²) in [5.41, 5.74) is 0. The highest BCUT2D eigenvalue weighted by atomic mass is 16.7. The number of aliphatic hydroxyl groups is 4. The zero-order valence-corrected chi connectivity index (χ0v) is 33.1. The van der Waals surface area contributed by atoms with E-state index in [0.717, 1.165) is 57.8 Å². The minimum atomic E-state index is -1.54. The monoisotopic (exact) mass is 739 g/mol. The smallest absolute Gasteiger partial charge is 0.306 e. The van der Waals surface area contributed by atoms with Gasteiger partial charge in [-0.3, -0.25) is 4.79 Å². The number of ether oxygens (including phenoxy) is 4. The van der Waals surface area contributed by atoms with E-state index in [1.165, 1.54) is 89.9 Å². The lowest BCUT2D eigenvalue weighted by atomic mass is 9.99. The van der Waals surface area contributed by atoms with E-state index in [9.17, 15) is 25.2 Å². The number of rotatable bonds is 35. The van der Waals surface area contributed by atoms with Crippen LogP contribution in [0.2, 0.25) is 0 Å². The van der Waals surface area contributed by atoms with E-state index in [-0.39, 0.29) is 19.2 Å². The van der Waals surface area contributed by atoms with Gasteiger partial charge in [0.15, 0.2) is 6.29 Å². The fourth-order valence-electron chi connectivity index (χ4n) is 6.20. The molecule has 6 atom stereocenters. The molecule has 0 saturated carbocycles. The molecule has 0 aliphatic carbocycles. The van der Waals surface area contributed by atoms with E-state index in [1.54, 1.807) is 0 Å². The van der Waals surface area contributed by atoms with Gasteiger partial charge in [-0.15, -0.1) is 0 Å². The van der Waals surface area contributed by atoms with Crippen molar-refractivity contribution in [1.82, 2.24) is 0 Å². The van der Waals surface area contributed by atoms with Crippen molar-refractivity contribution >= 4 is 5.97 Å². The summed E-state index contributed by atoms with van der Waals surface area (Å²) in [6.45, 7) is 4.48. The molecule has 1 rings (SSSR count). The lowest BCUT2D eigenvalue weighted by molar-refractivity contribution is -0.305. The minimum Gasteiger partial charge on any atom is -0.457 e. The second-order valence-corrected chi connectivity index (χ2v) is 14.4. The van der Waals surface area contributed by atoms with Crippen molar-refractivity contribution in [2.24, 2.45) is 0 Å². The van der Waals surface area contributed by atoms with Crippen LogP contribution in [0, 0.1) is 0 Å². The van der Waals surface area contributed by atoms with Crippen molar-refractivity contribution in [1.29, 1.82) is 0 Å². The first-order valence-electron chi connectivity index (χ1n) is 21.1. The van der Waals surface area contributed by atoms with Crippen LogP contribution in [0.15, 0.2) is 36.5 Å². The molecule has 1 aliphatic heterocycles. The predicted molar refractivity (Wildman–Crippen MR) is 210 cm³/mol. The maximum absolute atomic E-state index is 12.7. The molecule has 6 unspecified atom stereocenters. The molecule has 1 aliphatic rings. The highest BCUT2D eigenvalue weighted by Crippen LogP contribution is 2.22. The first kappa shape index (κ1) is 48.4. The van der Waals surface area contributed by atoms with Crippen molar-refractivity contribution in [3.05, 3.63) is 36.5 Å². The Bertz CT molecular complexity index is 890. The Labute approximate surface area is 317 Å². The van der Waals surface area contributed by atoms with Gasteiger partial charge in [-0.05, 0) is 51.4 Å². The Hall–Kier alpha value is -1.59. The Morgan fingerprint density at radius 2 is 1.12 bits per heavy atom. The number of allylic oxidation sites excluding steroid dienone is 6. The highest BCUT2D eigenvalue weighted by molar-refractivity contribution is 5.69. The molecule has 9 nitrogen and oxygen atoms in total. The zero-order valence-electron chi connectivity index (χ0n) is 33.1. The van der Waals surface area contributed by atoms with Gasteiger partial charge < -0.3 is 39.4 Å². The molecule has 0 bridgehead atoms. The molecule has 0 aromatic carbocycles. The minimum absolute atomic E-state index is 0.116. The molecular formula is C43H78O9. The first-order chi connectivity index (χ1) is 25.4. The van der Waals surface area contributed by atoms with Crippen LogP contribution in [0.1, 0.15) is 168 Å². The van der Waals surface area contributed by atoms with Gasteiger partial charge >= 0.3 is 5.97 Å². The van der Waals surface area contributed by atoms with Crippen LogP contribution in [0.25, 0.3) is 0 Å².